The molecule has 2 aromatic carbocycles. The zero-order valence-electron chi connectivity index (χ0n) is 13.1. The standard InChI is InChI=1S/C17H15FN2O4S/c18-13-8-4-5-9-14(13)19-17(22)15-10-11-16(21)20(15)25(23,24)12-6-2-1-3-7-12/h1-9,15H,10-11H2,(H,19,22). The minimum absolute atomic E-state index is 0.0468. The van der Waals surface area contributed by atoms with E-state index in [2.05, 4.69) is 5.32 Å². The number of amides is 2. The SMILES string of the molecule is O=C(Nc1ccccc1F)C1CCC(=O)N1S(=O)(=O)c1ccccc1. The number of nitrogens with zero attached hydrogens (tertiary/aromatic N) is 1. The van der Waals surface area contributed by atoms with Gasteiger partial charge in [0.25, 0.3) is 10.0 Å². The molecule has 6 nitrogen and oxygen atoms in total. The Balaban J connectivity index is 1.90. The highest BCUT2D eigenvalue weighted by molar-refractivity contribution is 7.89. The molecule has 0 aliphatic carbocycles. The van der Waals surface area contributed by atoms with Gasteiger partial charge in [0.15, 0.2) is 0 Å². The number of para-hydroxylation sites is 1. The number of benzene rings is 2. The third kappa shape index (κ3) is 3.25. The summed E-state index contributed by atoms with van der Waals surface area (Å²) in [5, 5.41) is 2.35. The predicted octanol–water partition coefficient (Wildman–Crippen LogP) is 2.14. The number of sulfonamides is 1. The number of rotatable bonds is 4. The Hall–Kier alpha value is -2.74. The molecule has 0 bridgehead atoms. The first-order valence-electron chi connectivity index (χ1n) is 7.59. The summed E-state index contributed by atoms with van der Waals surface area (Å²) >= 11 is 0. The van der Waals surface area contributed by atoms with Crippen molar-refractivity contribution in [3.63, 3.8) is 0 Å². The van der Waals surface area contributed by atoms with Crippen molar-refractivity contribution < 1.29 is 22.4 Å². The fourth-order valence-electron chi connectivity index (χ4n) is 2.69. The van der Waals surface area contributed by atoms with Crippen LogP contribution in [-0.4, -0.2) is 30.6 Å². The summed E-state index contributed by atoms with van der Waals surface area (Å²) in [6.07, 6.45) is -0.0212. The molecule has 1 aliphatic rings. The van der Waals surface area contributed by atoms with Crippen LogP contribution in [0.2, 0.25) is 0 Å². The number of anilines is 1. The first-order chi connectivity index (χ1) is 11.9. The fraction of sp³-hybridized carbons (Fsp3) is 0.176. The van der Waals surface area contributed by atoms with Gasteiger partial charge in [-0.05, 0) is 30.7 Å². The Kier molecular flexibility index (Phi) is 4.54. The molecule has 1 fully saturated rings. The number of carbonyl (C=O) groups excluding carboxylic acids is 2. The van der Waals surface area contributed by atoms with Gasteiger partial charge in [-0.3, -0.25) is 9.59 Å². The van der Waals surface area contributed by atoms with Gasteiger partial charge in [0.05, 0.1) is 10.6 Å². The van der Waals surface area contributed by atoms with Crippen LogP contribution < -0.4 is 5.32 Å². The highest BCUT2D eigenvalue weighted by atomic mass is 32.2. The van der Waals surface area contributed by atoms with E-state index in [-0.39, 0.29) is 23.4 Å². The molecule has 0 aromatic heterocycles. The van der Waals surface area contributed by atoms with Gasteiger partial charge in [-0.1, -0.05) is 30.3 Å². The lowest BCUT2D eigenvalue weighted by atomic mass is 10.2. The minimum Gasteiger partial charge on any atom is -0.322 e. The Labute approximate surface area is 144 Å². The summed E-state index contributed by atoms with van der Waals surface area (Å²) < 4.78 is 39.8. The van der Waals surface area contributed by atoms with Gasteiger partial charge in [0.2, 0.25) is 11.8 Å². The lowest BCUT2D eigenvalue weighted by molar-refractivity contribution is -0.128. The molecule has 0 radical (unpaired) electrons. The Morgan fingerprint density at radius 1 is 1.08 bits per heavy atom. The van der Waals surface area contributed by atoms with E-state index in [9.17, 15) is 22.4 Å². The zero-order chi connectivity index (χ0) is 18.0. The van der Waals surface area contributed by atoms with Gasteiger partial charge >= 0.3 is 0 Å². The third-order valence-corrected chi connectivity index (χ3v) is 5.74. The molecular formula is C17H15FN2O4S. The molecular weight excluding hydrogens is 347 g/mol. The average Bonchev–Trinajstić information content (AvgIpc) is 3.00. The molecule has 8 heteroatoms. The predicted molar refractivity (Wildman–Crippen MR) is 88.5 cm³/mol. The molecule has 1 saturated heterocycles. The second kappa shape index (κ2) is 6.64. The topological polar surface area (TPSA) is 83.6 Å². The number of carbonyl (C=O) groups is 2. The van der Waals surface area contributed by atoms with Crippen LogP contribution in [0.1, 0.15) is 12.8 Å². The van der Waals surface area contributed by atoms with Crippen LogP contribution in [-0.2, 0) is 19.6 Å². The summed E-state index contributed by atoms with van der Waals surface area (Å²) in [6.45, 7) is 0. The van der Waals surface area contributed by atoms with E-state index in [0.717, 1.165) is 0 Å². The maximum Gasteiger partial charge on any atom is 0.267 e. The van der Waals surface area contributed by atoms with Crippen molar-refractivity contribution in [2.45, 2.75) is 23.8 Å². The van der Waals surface area contributed by atoms with E-state index in [1.807, 2.05) is 0 Å². The molecule has 1 unspecified atom stereocenters. The first kappa shape index (κ1) is 17.1. The molecule has 2 amide bonds. The van der Waals surface area contributed by atoms with Crippen molar-refractivity contribution in [2.24, 2.45) is 0 Å². The highest BCUT2D eigenvalue weighted by Gasteiger charge is 2.44. The molecule has 1 aliphatic heterocycles. The minimum atomic E-state index is -4.16. The fourth-order valence-corrected chi connectivity index (χ4v) is 4.31. The van der Waals surface area contributed by atoms with Crippen LogP contribution in [0.5, 0.6) is 0 Å². The van der Waals surface area contributed by atoms with Crippen molar-refractivity contribution >= 4 is 27.5 Å². The van der Waals surface area contributed by atoms with Gasteiger partial charge in [-0.2, -0.15) is 0 Å². The second-order valence-corrected chi connectivity index (χ2v) is 7.35. The molecule has 0 saturated carbocycles. The van der Waals surface area contributed by atoms with Crippen LogP contribution >= 0.6 is 0 Å². The van der Waals surface area contributed by atoms with E-state index in [0.29, 0.717) is 4.31 Å². The summed E-state index contributed by atoms with van der Waals surface area (Å²) in [5.74, 6) is -2.04. The van der Waals surface area contributed by atoms with Crippen molar-refractivity contribution in [3.05, 3.63) is 60.4 Å². The smallest absolute Gasteiger partial charge is 0.267 e. The number of hydrogen-bond acceptors (Lipinski definition) is 4. The van der Waals surface area contributed by atoms with E-state index in [4.69, 9.17) is 0 Å². The molecule has 3 rings (SSSR count). The molecule has 1 heterocycles. The molecule has 130 valence electrons. The van der Waals surface area contributed by atoms with Crippen LogP contribution in [0.4, 0.5) is 10.1 Å². The van der Waals surface area contributed by atoms with Crippen molar-refractivity contribution in [1.82, 2.24) is 4.31 Å². The normalized spacial score (nSPS) is 17.6. The van der Waals surface area contributed by atoms with Crippen LogP contribution in [0.25, 0.3) is 0 Å². The number of hydrogen-bond donors (Lipinski definition) is 1. The third-order valence-electron chi connectivity index (χ3n) is 3.89. The maximum atomic E-state index is 13.7. The lowest BCUT2D eigenvalue weighted by Gasteiger charge is -2.23. The average molecular weight is 362 g/mol. The van der Waals surface area contributed by atoms with E-state index < -0.39 is 33.7 Å². The van der Waals surface area contributed by atoms with Crippen LogP contribution in [0.15, 0.2) is 59.5 Å². The lowest BCUT2D eigenvalue weighted by Crippen LogP contribution is -2.45. The van der Waals surface area contributed by atoms with Gasteiger partial charge in [0.1, 0.15) is 11.9 Å². The van der Waals surface area contributed by atoms with E-state index >= 15 is 0 Å². The van der Waals surface area contributed by atoms with Gasteiger partial charge < -0.3 is 5.32 Å². The first-order valence-corrected chi connectivity index (χ1v) is 9.03. The summed E-state index contributed by atoms with van der Waals surface area (Å²) in [7, 11) is -4.16. The summed E-state index contributed by atoms with van der Waals surface area (Å²) in [5.41, 5.74) is -0.0658. The van der Waals surface area contributed by atoms with Crippen molar-refractivity contribution in [1.29, 1.82) is 0 Å². The van der Waals surface area contributed by atoms with E-state index in [1.54, 1.807) is 6.07 Å². The van der Waals surface area contributed by atoms with Gasteiger partial charge in [0, 0.05) is 6.42 Å². The monoisotopic (exact) mass is 362 g/mol. The molecule has 2 aromatic rings. The summed E-state index contributed by atoms with van der Waals surface area (Å²) in [6, 6.07) is 11.7. The van der Waals surface area contributed by atoms with Crippen molar-refractivity contribution in [2.75, 3.05) is 5.32 Å². The number of halogens is 1. The quantitative estimate of drug-likeness (QED) is 0.903. The van der Waals surface area contributed by atoms with Gasteiger partial charge in [-0.15, -0.1) is 0 Å². The van der Waals surface area contributed by atoms with E-state index in [1.165, 1.54) is 48.5 Å². The Bertz CT molecular complexity index is 915. The number of nitrogens with one attached hydrogen (secondary N) is 1. The maximum absolute atomic E-state index is 13.7. The van der Waals surface area contributed by atoms with Crippen LogP contribution in [0, 0.1) is 5.82 Å². The molecule has 25 heavy (non-hydrogen) atoms. The highest BCUT2D eigenvalue weighted by Crippen LogP contribution is 2.28. The molecule has 1 atom stereocenters. The largest absolute Gasteiger partial charge is 0.322 e. The Morgan fingerprint density at radius 3 is 2.40 bits per heavy atom. The molecule has 0 spiro atoms. The summed E-state index contributed by atoms with van der Waals surface area (Å²) in [4.78, 5) is 24.5. The van der Waals surface area contributed by atoms with Gasteiger partial charge in [-0.25, -0.2) is 17.1 Å². The molecule has 1 N–H and O–H groups in total. The van der Waals surface area contributed by atoms with Crippen molar-refractivity contribution in [3.8, 4) is 0 Å². The zero-order valence-corrected chi connectivity index (χ0v) is 13.9. The van der Waals surface area contributed by atoms with Crippen LogP contribution in [0.3, 0.4) is 0 Å². The Morgan fingerprint density at radius 2 is 1.72 bits per heavy atom. The second-order valence-electron chi connectivity index (χ2n) is 5.53.